The van der Waals surface area contributed by atoms with Gasteiger partial charge in [-0.25, -0.2) is 13.1 Å². The molecule has 1 aromatic heterocycles. The molecule has 0 aliphatic carbocycles. The van der Waals surface area contributed by atoms with Crippen LogP contribution in [0, 0.1) is 0 Å². The van der Waals surface area contributed by atoms with Gasteiger partial charge in [0.15, 0.2) is 5.78 Å². The van der Waals surface area contributed by atoms with Crippen LogP contribution in [0.1, 0.15) is 35.7 Å². The van der Waals surface area contributed by atoms with Crippen molar-refractivity contribution in [2.24, 2.45) is 0 Å². The van der Waals surface area contributed by atoms with Crippen molar-refractivity contribution in [3.05, 3.63) is 59.9 Å². The van der Waals surface area contributed by atoms with E-state index in [-0.39, 0.29) is 18.0 Å². The third-order valence-corrected chi connectivity index (χ3v) is 7.53. The lowest BCUT2D eigenvalue weighted by Gasteiger charge is -2.35. The molecule has 35 heavy (non-hydrogen) atoms. The lowest BCUT2D eigenvalue weighted by atomic mass is 10.0. The summed E-state index contributed by atoms with van der Waals surface area (Å²) in [7, 11) is -2.36. The summed E-state index contributed by atoms with van der Waals surface area (Å²) in [6.45, 7) is 5.53. The molecule has 1 unspecified atom stereocenters. The van der Waals surface area contributed by atoms with Gasteiger partial charge in [0.1, 0.15) is 6.04 Å². The molecule has 1 saturated heterocycles. The zero-order chi connectivity index (χ0) is 25.3. The standard InChI is InChI=1S/C25H34N4O5S/c1-3-4-17-35(32,33)27-23(25(31)34-2)18-20-5-7-21(8-6-20)24(30)19-28-13-15-29(16-14-28)22-9-11-26-12-10-22/h5-12,23,27H,3-4,13-19H2,1-2H3. The first-order chi connectivity index (χ1) is 16.8. The number of aromatic nitrogens is 1. The Morgan fingerprint density at radius 3 is 2.31 bits per heavy atom. The Bertz CT molecular complexity index is 1070. The van der Waals surface area contributed by atoms with Crippen LogP contribution in [0.4, 0.5) is 5.69 Å². The molecule has 0 amide bonds. The van der Waals surface area contributed by atoms with Crippen LogP contribution >= 0.6 is 0 Å². The van der Waals surface area contributed by atoms with E-state index >= 15 is 0 Å². The van der Waals surface area contributed by atoms with E-state index in [1.807, 2.05) is 19.1 Å². The van der Waals surface area contributed by atoms with Gasteiger partial charge in [0.05, 0.1) is 19.4 Å². The number of rotatable bonds is 12. The summed E-state index contributed by atoms with van der Waals surface area (Å²) >= 11 is 0. The number of piperazine rings is 1. The highest BCUT2D eigenvalue weighted by Crippen LogP contribution is 2.16. The van der Waals surface area contributed by atoms with E-state index in [0.717, 1.165) is 43.9 Å². The van der Waals surface area contributed by atoms with Gasteiger partial charge in [-0.15, -0.1) is 0 Å². The summed E-state index contributed by atoms with van der Waals surface area (Å²) in [5, 5.41) is 0. The summed E-state index contributed by atoms with van der Waals surface area (Å²) < 4.78 is 31.8. The molecule has 1 atom stereocenters. The van der Waals surface area contributed by atoms with Gasteiger partial charge in [-0.3, -0.25) is 19.5 Å². The molecule has 1 aromatic carbocycles. The van der Waals surface area contributed by atoms with Gasteiger partial charge in [-0.1, -0.05) is 37.6 Å². The van der Waals surface area contributed by atoms with E-state index < -0.39 is 22.0 Å². The number of methoxy groups -OCH3 is 1. The van der Waals surface area contributed by atoms with Gasteiger partial charge in [-0.05, 0) is 30.5 Å². The van der Waals surface area contributed by atoms with Crippen molar-refractivity contribution in [2.45, 2.75) is 32.2 Å². The van der Waals surface area contributed by atoms with E-state index in [1.54, 1.807) is 36.7 Å². The molecule has 1 N–H and O–H groups in total. The number of anilines is 1. The topological polar surface area (TPSA) is 109 Å². The lowest BCUT2D eigenvalue weighted by Crippen LogP contribution is -2.48. The highest BCUT2D eigenvalue weighted by Gasteiger charge is 2.25. The molecule has 2 heterocycles. The van der Waals surface area contributed by atoms with E-state index in [1.165, 1.54) is 7.11 Å². The van der Waals surface area contributed by atoms with Crippen molar-refractivity contribution in [3.63, 3.8) is 0 Å². The van der Waals surface area contributed by atoms with Gasteiger partial charge < -0.3 is 9.64 Å². The predicted octanol–water partition coefficient (Wildman–Crippen LogP) is 1.89. The molecule has 1 aliphatic rings. The predicted molar refractivity (Wildman–Crippen MR) is 135 cm³/mol. The van der Waals surface area contributed by atoms with Crippen LogP contribution in [-0.4, -0.2) is 81.7 Å². The van der Waals surface area contributed by atoms with Crippen LogP contribution in [0.25, 0.3) is 0 Å². The molecule has 1 fully saturated rings. The van der Waals surface area contributed by atoms with Crippen molar-refractivity contribution >= 4 is 27.5 Å². The Morgan fingerprint density at radius 2 is 1.71 bits per heavy atom. The number of carbonyl (C=O) groups is 2. The molecule has 1 aliphatic heterocycles. The van der Waals surface area contributed by atoms with E-state index in [9.17, 15) is 18.0 Å². The molecular formula is C25H34N4O5S. The first-order valence-electron chi connectivity index (χ1n) is 11.9. The number of carbonyl (C=O) groups excluding carboxylic acids is 2. The lowest BCUT2D eigenvalue weighted by molar-refractivity contribution is -0.142. The molecule has 0 radical (unpaired) electrons. The second-order valence-corrected chi connectivity index (χ2v) is 10.5. The fourth-order valence-electron chi connectivity index (χ4n) is 4.00. The molecule has 0 spiro atoms. The smallest absolute Gasteiger partial charge is 0.324 e. The van der Waals surface area contributed by atoms with Crippen molar-refractivity contribution in [3.8, 4) is 0 Å². The Morgan fingerprint density at radius 1 is 1.06 bits per heavy atom. The van der Waals surface area contributed by atoms with Crippen LogP contribution in [0.2, 0.25) is 0 Å². The second kappa shape index (κ2) is 12.8. The molecule has 9 nitrogen and oxygen atoms in total. The molecule has 10 heteroatoms. The number of sulfonamides is 1. The van der Waals surface area contributed by atoms with Crippen LogP contribution in [-0.2, 0) is 26.0 Å². The number of hydrogen-bond donors (Lipinski definition) is 1. The van der Waals surface area contributed by atoms with Crippen LogP contribution < -0.4 is 9.62 Å². The van der Waals surface area contributed by atoms with Crippen LogP contribution in [0.5, 0.6) is 0 Å². The largest absolute Gasteiger partial charge is 0.468 e. The van der Waals surface area contributed by atoms with Crippen LogP contribution in [0.3, 0.4) is 0 Å². The van der Waals surface area contributed by atoms with Gasteiger partial charge in [0, 0.05) is 49.8 Å². The number of benzene rings is 1. The molecule has 190 valence electrons. The summed E-state index contributed by atoms with van der Waals surface area (Å²) in [6, 6.07) is 9.93. The zero-order valence-electron chi connectivity index (χ0n) is 20.4. The number of Topliss-reactive ketones (excluding diaryl/α,β-unsaturated/α-hetero) is 1. The molecular weight excluding hydrogens is 468 g/mol. The average Bonchev–Trinajstić information content (AvgIpc) is 2.88. The highest BCUT2D eigenvalue weighted by molar-refractivity contribution is 7.89. The van der Waals surface area contributed by atoms with Crippen molar-refractivity contribution < 1.29 is 22.7 Å². The monoisotopic (exact) mass is 502 g/mol. The number of ether oxygens (including phenoxy) is 1. The van der Waals surface area contributed by atoms with Gasteiger partial charge in [-0.2, -0.15) is 0 Å². The van der Waals surface area contributed by atoms with Crippen LogP contribution in [0.15, 0.2) is 48.8 Å². The number of nitrogens with one attached hydrogen (secondary N) is 1. The fraction of sp³-hybridized carbons (Fsp3) is 0.480. The third kappa shape index (κ3) is 8.12. The molecule has 2 aromatic rings. The summed E-state index contributed by atoms with van der Waals surface area (Å²) in [5.41, 5.74) is 2.46. The fourth-order valence-corrected chi connectivity index (χ4v) is 5.40. The Kier molecular flexibility index (Phi) is 9.76. The summed E-state index contributed by atoms with van der Waals surface area (Å²) in [4.78, 5) is 33.5. The number of esters is 1. The second-order valence-electron chi connectivity index (χ2n) is 8.66. The summed E-state index contributed by atoms with van der Waals surface area (Å²) in [6.07, 6.45) is 4.95. The molecule has 0 saturated carbocycles. The first kappa shape index (κ1) is 26.8. The third-order valence-electron chi connectivity index (χ3n) is 6.06. The van der Waals surface area contributed by atoms with Gasteiger partial charge >= 0.3 is 5.97 Å². The van der Waals surface area contributed by atoms with E-state index in [0.29, 0.717) is 18.5 Å². The zero-order valence-corrected chi connectivity index (χ0v) is 21.2. The van der Waals surface area contributed by atoms with Crippen molar-refractivity contribution in [1.82, 2.24) is 14.6 Å². The van der Waals surface area contributed by atoms with Gasteiger partial charge in [0.2, 0.25) is 10.0 Å². The Balaban J connectivity index is 1.54. The van der Waals surface area contributed by atoms with E-state index in [4.69, 9.17) is 4.74 Å². The number of hydrogen-bond acceptors (Lipinski definition) is 8. The average molecular weight is 503 g/mol. The molecule has 0 bridgehead atoms. The first-order valence-corrected chi connectivity index (χ1v) is 13.5. The maximum absolute atomic E-state index is 12.8. The number of pyridine rings is 1. The number of ketones is 1. The van der Waals surface area contributed by atoms with Gasteiger partial charge in [0.25, 0.3) is 0 Å². The normalized spacial score (nSPS) is 15.5. The number of unbranched alkanes of at least 4 members (excludes halogenated alkanes) is 1. The number of nitrogens with zero attached hydrogens (tertiary/aromatic N) is 3. The van der Waals surface area contributed by atoms with Crippen molar-refractivity contribution in [1.29, 1.82) is 0 Å². The Hall–Kier alpha value is -2.82. The quantitative estimate of drug-likeness (QED) is 0.346. The minimum Gasteiger partial charge on any atom is -0.468 e. The highest BCUT2D eigenvalue weighted by atomic mass is 32.2. The molecule has 3 rings (SSSR count). The Labute approximate surface area is 207 Å². The minimum absolute atomic E-state index is 0.0266. The minimum atomic E-state index is -3.59. The van der Waals surface area contributed by atoms with E-state index in [2.05, 4.69) is 19.5 Å². The summed E-state index contributed by atoms with van der Waals surface area (Å²) in [5.74, 6) is -0.656. The van der Waals surface area contributed by atoms with Crippen molar-refractivity contribution in [2.75, 3.05) is 50.5 Å². The maximum atomic E-state index is 12.8. The maximum Gasteiger partial charge on any atom is 0.324 e. The SMILES string of the molecule is CCCCS(=O)(=O)NC(Cc1ccc(C(=O)CN2CCN(c3ccncc3)CC2)cc1)C(=O)OC.